The van der Waals surface area contributed by atoms with Crippen molar-refractivity contribution < 1.29 is 27.8 Å². The van der Waals surface area contributed by atoms with Crippen molar-refractivity contribution in [3.05, 3.63) is 101 Å². The summed E-state index contributed by atoms with van der Waals surface area (Å²) in [5.74, 6) is -3.24. The number of benzene rings is 3. The van der Waals surface area contributed by atoms with Gasteiger partial charge in [-0.2, -0.15) is 0 Å². The Balaban J connectivity index is 1.63. The minimum atomic E-state index is -1.20. The lowest BCUT2D eigenvalue weighted by molar-refractivity contribution is -0.136. The van der Waals surface area contributed by atoms with Gasteiger partial charge in [0.05, 0.1) is 13.0 Å². The third-order valence-electron chi connectivity index (χ3n) is 5.53. The molecular weight excluding hydrogens is 443 g/mol. The Morgan fingerprint density at radius 1 is 0.971 bits per heavy atom. The van der Waals surface area contributed by atoms with Crippen molar-refractivity contribution in [2.24, 2.45) is 0 Å². The molecule has 7 heteroatoms. The van der Waals surface area contributed by atoms with E-state index < -0.39 is 23.4 Å². The lowest BCUT2D eigenvalue weighted by atomic mass is 10.0. The summed E-state index contributed by atoms with van der Waals surface area (Å²) in [6, 6.07) is 18.3. The molecule has 3 rings (SSSR count). The van der Waals surface area contributed by atoms with Gasteiger partial charge in [0.1, 0.15) is 11.6 Å². The molecule has 0 radical (unpaired) electrons. The summed E-state index contributed by atoms with van der Waals surface area (Å²) in [6.45, 7) is 3.71. The smallest absolute Gasteiger partial charge is 0.307 e. The van der Waals surface area contributed by atoms with Crippen molar-refractivity contribution in [3.8, 4) is 5.75 Å². The van der Waals surface area contributed by atoms with Crippen LogP contribution in [0.25, 0.3) is 0 Å². The lowest BCUT2D eigenvalue weighted by Crippen LogP contribution is -2.30. The first-order chi connectivity index (χ1) is 16.3. The predicted octanol–water partition coefficient (Wildman–Crippen LogP) is 5.81. The van der Waals surface area contributed by atoms with E-state index in [9.17, 15) is 18.0 Å². The predicted molar refractivity (Wildman–Crippen MR) is 124 cm³/mol. The fraction of sp³-hybridized carbons (Fsp3) is 0.296. The number of hydrogen-bond donors (Lipinski definition) is 1. The van der Waals surface area contributed by atoms with Crippen molar-refractivity contribution in [3.63, 3.8) is 0 Å². The largest absolute Gasteiger partial charge is 0.494 e. The van der Waals surface area contributed by atoms with Gasteiger partial charge < -0.3 is 9.84 Å². The number of ether oxygens (including phenoxy) is 1. The Hall–Kier alpha value is -3.32. The summed E-state index contributed by atoms with van der Waals surface area (Å²) >= 11 is 0. The fourth-order valence-electron chi connectivity index (χ4n) is 3.83. The summed E-state index contributed by atoms with van der Waals surface area (Å²) in [5.41, 5.74) is 1.88. The molecule has 0 unspecified atom stereocenters. The number of carboxylic acid groups (broad SMARTS) is 1. The fourth-order valence-corrected chi connectivity index (χ4v) is 3.83. The Morgan fingerprint density at radius 2 is 1.71 bits per heavy atom. The maximum atomic E-state index is 14.3. The number of hydrogen-bond acceptors (Lipinski definition) is 3. The molecule has 0 saturated heterocycles. The van der Waals surface area contributed by atoms with Gasteiger partial charge in [0.25, 0.3) is 0 Å². The molecule has 0 aromatic heterocycles. The molecule has 0 bridgehead atoms. The zero-order valence-corrected chi connectivity index (χ0v) is 19.0. The molecule has 0 saturated carbocycles. The van der Waals surface area contributed by atoms with E-state index in [2.05, 4.69) is 6.92 Å². The van der Waals surface area contributed by atoms with Crippen LogP contribution >= 0.6 is 0 Å². The van der Waals surface area contributed by atoms with E-state index in [1.54, 1.807) is 24.3 Å². The highest BCUT2D eigenvalue weighted by atomic mass is 19.2. The van der Waals surface area contributed by atoms with E-state index in [0.29, 0.717) is 43.5 Å². The van der Waals surface area contributed by atoms with Crippen LogP contribution in [0, 0.1) is 17.5 Å². The summed E-state index contributed by atoms with van der Waals surface area (Å²) < 4.78 is 47.1. The van der Waals surface area contributed by atoms with Crippen LogP contribution in [-0.2, 0) is 17.8 Å². The molecule has 0 aliphatic carbocycles. The Bertz CT molecular complexity index is 1090. The molecular formula is C27H28F3NO3. The quantitative estimate of drug-likeness (QED) is 0.268. The van der Waals surface area contributed by atoms with E-state index in [-0.39, 0.29) is 24.4 Å². The maximum Gasteiger partial charge on any atom is 0.307 e. The van der Waals surface area contributed by atoms with Gasteiger partial charge in [-0.3, -0.25) is 9.69 Å². The van der Waals surface area contributed by atoms with Gasteiger partial charge >= 0.3 is 5.97 Å². The second kappa shape index (κ2) is 12.2. The molecule has 0 amide bonds. The molecule has 1 N–H and O–H groups in total. The van der Waals surface area contributed by atoms with Gasteiger partial charge in [-0.05, 0) is 41.7 Å². The van der Waals surface area contributed by atoms with E-state index >= 15 is 0 Å². The Labute approximate surface area is 197 Å². The Morgan fingerprint density at radius 3 is 2.44 bits per heavy atom. The first kappa shape index (κ1) is 25.3. The van der Waals surface area contributed by atoms with Crippen LogP contribution in [0.1, 0.15) is 36.0 Å². The van der Waals surface area contributed by atoms with Crippen LogP contribution in [0.4, 0.5) is 13.2 Å². The average molecular weight is 472 g/mol. The summed E-state index contributed by atoms with van der Waals surface area (Å²) in [6.07, 6.45) is 0.526. The molecule has 1 atom stereocenters. The molecule has 0 fully saturated rings. The van der Waals surface area contributed by atoms with Crippen LogP contribution in [-0.4, -0.2) is 35.7 Å². The summed E-state index contributed by atoms with van der Waals surface area (Å²) in [7, 11) is 0. The normalized spacial score (nSPS) is 12.0. The molecule has 4 nitrogen and oxygen atoms in total. The number of carboxylic acids is 1. The van der Waals surface area contributed by atoms with Gasteiger partial charge in [-0.25, -0.2) is 13.2 Å². The zero-order chi connectivity index (χ0) is 24.5. The monoisotopic (exact) mass is 471 g/mol. The standard InChI is InChI=1S/C27H28F3NO3/c1-19(21-8-3-2-4-9-21)17-31(18-22-15-25(29)26(30)16-24(22)28)11-6-12-34-23-10-5-7-20(13-23)14-27(32)33/h2-5,7-10,13,15-16,19H,6,11-12,14,17-18H2,1H3,(H,32,33)/t19-/m0/s1. The van der Waals surface area contributed by atoms with Gasteiger partial charge in [-0.15, -0.1) is 0 Å². The Kier molecular flexibility index (Phi) is 9.10. The van der Waals surface area contributed by atoms with E-state index in [0.717, 1.165) is 11.6 Å². The maximum absolute atomic E-state index is 14.3. The third-order valence-corrected chi connectivity index (χ3v) is 5.53. The van der Waals surface area contributed by atoms with Crippen LogP contribution in [0.15, 0.2) is 66.7 Å². The van der Waals surface area contributed by atoms with E-state index in [1.807, 2.05) is 35.2 Å². The van der Waals surface area contributed by atoms with Gasteiger partial charge in [0.2, 0.25) is 0 Å². The van der Waals surface area contributed by atoms with Crippen molar-refractivity contribution in [1.29, 1.82) is 0 Å². The second-order valence-corrected chi connectivity index (χ2v) is 8.32. The average Bonchev–Trinajstić information content (AvgIpc) is 2.80. The molecule has 0 spiro atoms. The molecule has 0 aliphatic rings. The van der Waals surface area contributed by atoms with Gasteiger partial charge in [0.15, 0.2) is 11.6 Å². The SMILES string of the molecule is C[C@@H](CN(CCCOc1cccc(CC(=O)O)c1)Cc1cc(F)c(F)cc1F)c1ccccc1. The summed E-state index contributed by atoms with van der Waals surface area (Å²) in [4.78, 5) is 12.9. The second-order valence-electron chi connectivity index (χ2n) is 8.32. The van der Waals surface area contributed by atoms with Crippen molar-refractivity contribution >= 4 is 5.97 Å². The molecule has 34 heavy (non-hydrogen) atoms. The minimum Gasteiger partial charge on any atom is -0.494 e. The summed E-state index contributed by atoms with van der Waals surface area (Å²) in [5, 5.41) is 8.94. The third kappa shape index (κ3) is 7.63. The molecule has 0 heterocycles. The molecule has 180 valence electrons. The molecule has 3 aromatic rings. The minimum absolute atomic E-state index is 0.0812. The highest BCUT2D eigenvalue weighted by Crippen LogP contribution is 2.21. The van der Waals surface area contributed by atoms with Crippen LogP contribution in [0.3, 0.4) is 0 Å². The lowest BCUT2D eigenvalue weighted by Gasteiger charge is -2.26. The van der Waals surface area contributed by atoms with Crippen LogP contribution in [0.5, 0.6) is 5.75 Å². The molecule has 0 aliphatic heterocycles. The van der Waals surface area contributed by atoms with Crippen LogP contribution < -0.4 is 4.74 Å². The highest BCUT2D eigenvalue weighted by Gasteiger charge is 2.17. The first-order valence-corrected chi connectivity index (χ1v) is 11.2. The van der Waals surface area contributed by atoms with Crippen molar-refractivity contribution in [2.75, 3.05) is 19.7 Å². The number of carbonyl (C=O) groups is 1. The zero-order valence-electron chi connectivity index (χ0n) is 19.0. The van der Waals surface area contributed by atoms with Crippen molar-refractivity contribution in [1.82, 2.24) is 4.90 Å². The first-order valence-electron chi connectivity index (χ1n) is 11.2. The van der Waals surface area contributed by atoms with Crippen LogP contribution in [0.2, 0.25) is 0 Å². The number of aliphatic carboxylic acids is 1. The van der Waals surface area contributed by atoms with Gasteiger partial charge in [-0.1, -0.05) is 49.4 Å². The van der Waals surface area contributed by atoms with Crippen molar-refractivity contribution in [2.45, 2.75) is 32.2 Å². The van der Waals surface area contributed by atoms with E-state index in [1.165, 1.54) is 0 Å². The number of nitrogens with zero attached hydrogens (tertiary/aromatic N) is 1. The number of rotatable bonds is 12. The topological polar surface area (TPSA) is 49.8 Å². The number of halogens is 3. The molecule has 3 aromatic carbocycles. The van der Waals surface area contributed by atoms with Gasteiger partial charge in [0, 0.05) is 31.3 Å². The highest BCUT2D eigenvalue weighted by molar-refractivity contribution is 5.70. The van der Waals surface area contributed by atoms with E-state index in [4.69, 9.17) is 9.84 Å².